The summed E-state index contributed by atoms with van der Waals surface area (Å²) in [5, 5.41) is 10.8. The fourth-order valence-electron chi connectivity index (χ4n) is 1.94. The number of nitrogens with zero attached hydrogens (tertiary/aromatic N) is 4. The quantitative estimate of drug-likeness (QED) is 0.875. The second-order valence-corrected chi connectivity index (χ2v) is 5.14. The highest BCUT2D eigenvalue weighted by molar-refractivity contribution is 5.57. The van der Waals surface area contributed by atoms with Crippen LogP contribution in [-0.4, -0.2) is 26.8 Å². The molecule has 0 spiro atoms. The Balaban J connectivity index is 2.23. The van der Waals surface area contributed by atoms with Gasteiger partial charge in [-0.3, -0.25) is 4.68 Å². The lowest BCUT2D eigenvalue weighted by molar-refractivity contribution is 0.745. The van der Waals surface area contributed by atoms with E-state index in [-0.39, 0.29) is 5.92 Å². The molecule has 2 aromatic heterocycles. The minimum Gasteiger partial charge on any atom is -0.373 e. The molecule has 20 heavy (non-hydrogen) atoms. The van der Waals surface area contributed by atoms with Crippen molar-refractivity contribution in [3.63, 3.8) is 0 Å². The summed E-state index contributed by atoms with van der Waals surface area (Å²) in [6.45, 7) is 6.84. The molecule has 2 heterocycles. The summed E-state index contributed by atoms with van der Waals surface area (Å²) < 4.78 is 1.79. The van der Waals surface area contributed by atoms with Crippen LogP contribution in [0.5, 0.6) is 0 Å². The van der Waals surface area contributed by atoms with Gasteiger partial charge in [-0.2, -0.15) is 5.10 Å². The molecule has 6 nitrogen and oxygen atoms in total. The van der Waals surface area contributed by atoms with Crippen LogP contribution in [0, 0.1) is 6.92 Å². The fourth-order valence-corrected chi connectivity index (χ4v) is 1.94. The molecule has 108 valence electrons. The van der Waals surface area contributed by atoms with Gasteiger partial charge in [0.05, 0.1) is 12.2 Å². The van der Waals surface area contributed by atoms with Gasteiger partial charge in [0, 0.05) is 31.8 Å². The summed E-state index contributed by atoms with van der Waals surface area (Å²) in [5.74, 6) is 2.85. The van der Waals surface area contributed by atoms with Gasteiger partial charge in [0.15, 0.2) is 0 Å². The van der Waals surface area contributed by atoms with Crippen LogP contribution < -0.4 is 10.6 Å². The van der Waals surface area contributed by atoms with Crippen molar-refractivity contribution >= 4 is 11.6 Å². The van der Waals surface area contributed by atoms with Crippen LogP contribution in [0.1, 0.15) is 36.8 Å². The van der Waals surface area contributed by atoms with Gasteiger partial charge in [0.25, 0.3) is 0 Å². The van der Waals surface area contributed by atoms with Gasteiger partial charge in [-0.05, 0) is 13.0 Å². The predicted molar refractivity (Wildman–Crippen MR) is 80.9 cm³/mol. The van der Waals surface area contributed by atoms with Crippen molar-refractivity contribution in [2.45, 2.75) is 33.2 Å². The molecule has 0 aliphatic carbocycles. The number of aryl methyl sites for hydroxylation is 1. The second-order valence-electron chi connectivity index (χ2n) is 5.14. The van der Waals surface area contributed by atoms with E-state index >= 15 is 0 Å². The predicted octanol–water partition coefficient (Wildman–Crippen LogP) is 2.30. The maximum atomic E-state index is 4.61. The van der Waals surface area contributed by atoms with Crippen LogP contribution in [0.25, 0.3) is 0 Å². The fraction of sp³-hybridized carbons (Fsp3) is 0.500. The molecule has 0 saturated heterocycles. The molecule has 0 aromatic carbocycles. The van der Waals surface area contributed by atoms with Gasteiger partial charge in [-0.15, -0.1) is 0 Å². The lowest BCUT2D eigenvalue weighted by Gasteiger charge is -2.14. The first-order chi connectivity index (χ1) is 9.51. The number of hydrogen-bond acceptors (Lipinski definition) is 5. The third-order valence-corrected chi connectivity index (χ3v) is 3.12. The van der Waals surface area contributed by atoms with Gasteiger partial charge in [-0.1, -0.05) is 13.8 Å². The van der Waals surface area contributed by atoms with Crippen molar-refractivity contribution in [1.82, 2.24) is 19.7 Å². The van der Waals surface area contributed by atoms with Crippen molar-refractivity contribution in [3.05, 3.63) is 29.3 Å². The summed E-state index contributed by atoms with van der Waals surface area (Å²) in [4.78, 5) is 9.13. The first-order valence-electron chi connectivity index (χ1n) is 6.80. The summed E-state index contributed by atoms with van der Waals surface area (Å²) in [5.41, 5.74) is 2.01. The van der Waals surface area contributed by atoms with Crippen LogP contribution in [0.15, 0.2) is 12.3 Å². The van der Waals surface area contributed by atoms with Gasteiger partial charge in [-0.25, -0.2) is 9.97 Å². The van der Waals surface area contributed by atoms with Gasteiger partial charge in [0.2, 0.25) is 0 Å². The van der Waals surface area contributed by atoms with E-state index in [0.717, 1.165) is 28.7 Å². The Hall–Kier alpha value is -2.11. The molecule has 2 N–H and O–H groups in total. The Labute approximate surface area is 119 Å². The average Bonchev–Trinajstić information content (AvgIpc) is 2.83. The first kappa shape index (κ1) is 14.3. The van der Waals surface area contributed by atoms with E-state index in [1.54, 1.807) is 4.68 Å². The molecule has 0 unspecified atom stereocenters. The second kappa shape index (κ2) is 5.90. The molecule has 0 saturated carbocycles. The Kier molecular flexibility index (Phi) is 4.22. The van der Waals surface area contributed by atoms with Gasteiger partial charge in [0.1, 0.15) is 17.5 Å². The maximum Gasteiger partial charge on any atom is 0.135 e. The lowest BCUT2D eigenvalue weighted by atomic mass is 10.2. The number of aromatic nitrogens is 4. The highest BCUT2D eigenvalue weighted by Gasteiger charge is 2.12. The highest BCUT2D eigenvalue weighted by atomic mass is 15.3. The summed E-state index contributed by atoms with van der Waals surface area (Å²) in [6.07, 6.45) is 1.93. The zero-order chi connectivity index (χ0) is 14.7. The van der Waals surface area contributed by atoms with E-state index in [1.165, 1.54) is 0 Å². The standard InChI is InChI=1S/C14H22N6/c1-9(2)12-17-13(15-4)10(3)14(18-12)16-8-11-6-7-20(5)19-11/h6-7,9H,8H2,1-5H3,(H2,15,16,17,18). The maximum absolute atomic E-state index is 4.61. The van der Waals surface area contributed by atoms with Crippen molar-refractivity contribution in [3.8, 4) is 0 Å². The summed E-state index contributed by atoms with van der Waals surface area (Å²) >= 11 is 0. The molecule has 0 fully saturated rings. The monoisotopic (exact) mass is 274 g/mol. The Morgan fingerprint density at radius 1 is 1.25 bits per heavy atom. The molecule has 0 aliphatic rings. The molecular weight excluding hydrogens is 252 g/mol. The lowest BCUT2D eigenvalue weighted by Crippen LogP contribution is -2.11. The Morgan fingerprint density at radius 2 is 1.95 bits per heavy atom. The van der Waals surface area contributed by atoms with Crippen molar-refractivity contribution < 1.29 is 0 Å². The van der Waals surface area contributed by atoms with E-state index in [9.17, 15) is 0 Å². The van der Waals surface area contributed by atoms with Crippen molar-refractivity contribution in [2.75, 3.05) is 17.7 Å². The number of nitrogens with one attached hydrogen (secondary N) is 2. The largest absolute Gasteiger partial charge is 0.373 e. The molecule has 2 rings (SSSR count). The average molecular weight is 274 g/mol. The number of hydrogen-bond donors (Lipinski definition) is 2. The Morgan fingerprint density at radius 3 is 2.50 bits per heavy atom. The van der Waals surface area contributed by atoms with E-state index in [1.807, 2.05) is 33.3 Å². The minimum absolute atomic E-state index is 0.290. The molecule has 0 bridgehead atoms. The Bertz CT molecular complexity index is 587. The van der Waals surface area contributed by atoms with Crippen LogP contribution in [0.4, 0.5) is 11.6 Å². The normalized spacial score (nSPS) is 10.9. The van der Waals surface area contributed by atoms with Crippen LogP contribution in [0.2, 0.25) is 0 Å². The minimum atomic E-state index is 0.290. The van der Waals surface area contributed by atoms with E-state index in [0.29, 0.717) is 6.54 Å². The van der Waals surface area contributed by atoms with E-state index in [4.69, 9.17) is 0 Å². The zero-order valence-corrected chi connectivity index (χ0v) is 12.7. The summed E-state index contributed by atoms with van der Waals surface area (Å²) in [7, 11) is 3.79. The molecule has 0 aliphatic heterocycles. The molecule has 2 aromatic rings. The van der Waals surface area contributed by atoms with Crippen LogP contribution >= 0.6 is 0 Å². The molecular formula is C14H22N6. The SMILES string of the molecule is CNc1nc(C(C)C)nc(NCc2ccn(C)n2)c1C. The van der Waals surface area contributed by atoms with E-state index < -0.39 is 0 Å². The van der Waals surface area contributed by atoms with Gasteiger partial charge < -0.3 is 10.6 Å². The molecule has 6 heteroatoms. The molecule has 0 atom stereocenters. The topological polar surface area (TPSA) is 67.7 Å². The third kappa shape index (κ3) is 3.07. The van der Waals surface area contributed by atoms with Gasteiger partial charge >= 0.3 is 0 Å². The number of anilines is 2. The van der Waals surface area contributed by atoms with Crippen LogP contribution in [0.3, 0.4) is 0 Å². The number of rotatable bonds is 5. The molecule has 0 amide bonds. The smallest absolute Gasteiger partial charge is 0.135 e. The zero-order valence-electron chi connectivity index (χ0n) is 12.7. The first-order valence-corrected chi connectivity index (χ1v) is 6.80. The summed E-state index contributed by atoms with van der Waals surface area (Å²) in [6, 6.07) is 1.99. The van der Waals surface area contributed by atoms with Crippen molar-refractivity contribution in [2.24, 2.45) is 7.05 Å². The molecule has 0 radical (unpaired) electrons. The van der Waals surface area contributed by atoms with Crippen LogP contribution in [-0.2, 0) is 13.6 Å². The van der Waals surface area contributed by atoms with Crippen molar-refractivity contribution in [1.29, 1.82) is 0 Å². The third-order valence-electron chi connectivity index (χ3n) is 3.12. The van der Waals surface area contributed by atoms with E-state index in [2.05, 4.69) is 39.5 Å². The highest BCUT2D eigenvalue weighted by Crippen LogP contribution is 2.23.